The molecule has 5 aromatic rings. The predicted octanol–water partition coefficient (Wildman–Crippen LogP) is 5.00. The maximum atomic E-state index is 11.1. The van der Waals surface area contributed by atoms with Gasteiger partial charge in [0.15, 0.2) is 0 Å². The first-order valence-electron chi connectivity index (χ1n) is 12.1. The van der Waals surface area contributed by atoms with Crippen molar-refractivity contribution in [3.05, 3.63) is 100 Å². The smallest absolute Gasteiger partial charge is 0.134 e. The predicted molar refractivity (Wildman–Crippen MR) is 142 cm³/mol. The Hall–Kier alpha value is -3.68. The standard InChI is InChI=1S/C28H27ClN6O/c1-18-30-17-25(33(18)2)27(36)20-7-10-24-22(16-20)26(29)23(28(32-24)34-12-4-13-34)15-19-5-8-21(9-6-19)35-14-3-11-31-35/h3,5-11,14,16-17,27,36H,4,12-13,15H2,1-2H3. The Bertz CT molecular complexity index is 1540. The lowest BCUT2D eigenvalue weighted by Gasteiger charge is -2.34. The molecule has 0 amide bonds. The molecule has 7 nitrogen and oxygen atoms in total. The molecule has 0 aliphatic carbocycles. The van der Waals surface area contributed by atoms with Gasteiger partial charge >= 0.3 is 0 Å². The van der Waals surface area contributed by atoms with Gasteiger partial charge in [0.1, 0.15) is 17.7 Å². The summed E-state index contributed by atoms with van der Waals surface area (Å²) in [5.41, 5.74) is 5.51. The zero-order chi connectivity index (χ0) is 24.8. The fraction of sp³-hybridized carbons (Fsp3) is 0.250. The molecule has 3 aromatic heterocycles. The minimum Gasteiger partial charge on any atom is -0.382 e. The van der Waals surface area contributed by atoms with E-state index < -0.39 is 6.10 Å². The molecule has 1 atom stereocenters. The average Bonchev–Trinajstić information content (AvgIpc) is 3.51. The van der Waals surface area contributed by atoms with Crippen LogP contribution in [0.25, 0.3) is 16.6 Å². The van der Waals surface area contributed by atoms with Crippen LogP contribution < -0.4 is 4.90 Å². The number of aliphatic hydroxyl groups is 1. The Labute approximate surface area is 214 Å². The van der Waals surface area contributed by atoms with Gasteiger partial charge in [-0.25, -0.2) is 14.6 Å². The lowest BCUT2D eigenvalue weighted by atomic mass is 9.99. The van der Waals surface area contributed by atoms with Crippen molar-refractivity contribution in [1.29, 1.82) is 0 Å². The number of aromatic nitrogens is 5. The molecular formula is C28H27ClN6O. The highest BCUT2D eigenvalue weighted by atomic mass is 35.5. The highest BCUT2D eigenvalue weighted by Crippen LogP contribution is 2.37. The fourth-order valence-electron chi connectivity index (χ4n) is 4.72. The topological polar surface area (TPSA) is 72.0 Å². The molecule has 1 aliphatic heterocycles. The monoisotopic (exact) mass is 498 g/mol. The third-order valence-corrected chi connectivity index (χ3v) is 7.54. The van der Waals surface area contributed by atoms with Gasteiger partial charge in [-0.1, -0.05) is 29.8 Å². The minimum atomic E-state index is -0.801. The van der Waals surface area contributed by atoms with Gasteiger partial charge in [0, 0.05) is 49.9 Å². The maximum Gasteiger partial charge on any atom is 0.134 e. The first kappa shape index (κ1) is 22.8. The molecule has 1 fully saturated rings. The van der Waals surface area contributed by atoms with Crippen LogP contribution in [-0.2, 0) is 13.5 Å². The molecule has 0 saturated carbocycles. The number of rotatable bonds is 6. The van der Waals surface area contributed by atoms with Crippen molar-refractivity contribution in [2.75, 3.05) is 18.0 Å². The summed E-state index contributed by atoms with van der Waals surface area (Å²) in [4.78, 5) is 11.7. The molecule has 1 N–H and O–H groups in total. The third kappa shape index (κ3) is 3.94. The van der Waals surface area contributed by atoms with E-state index in [4.69, 9.17) is 16.6 Å². The Morgan fingerprint density at radius 1 is 1.11 bits per heavy atom. The van der Waals surface area contributed by atoms with Crippen molar-refractivity contribution >= 4 is 28.3 Å². The molecule has 1 aliphatic rings. The van der Waals surface area contributed by atoms with Gasteiger partial charge in [-0.3, -0.25) is 0 Å². The molecule has 4 heterocycles. The first-order valence-corrected chi connectivity index (χ1v) is 12.5. The third-order valence-electron chi connectivity index (χ3n) is 7.11. The number of aliphatic hydroxyl groups excluding tert-OH is 1. The number of benzene rings is 2. The number of hydrogen-bond acceptors (Lipinski definition) is 5. The second kappa shape index (κ2) is 9.08. The highest BCUT2D eigenvalue weighted by Gasteiger charge is 2.24. The van der Waals surface area contributed by atoms with Crippen molar-refractivity contribution in [2.24, 2.45) is 7.05 Å². The molecule has 36 heavy (non-hydrogen) atoms. The average molecular weight is 499 g/mol. The van der Waals surface area contributed by atoms with E-state index in [1.54, 1.807) is 12.4 Å². The zero-order valence-corrected chi connectivity index (χ0v) is 21.0. The van der Waals surface area contributed by atoms with Crippen LogP contribution in [0, 0.1) is 6.92 Å². The lowest BCUT2D eigenvalue weighted by Crippen LogP contribution is -2.38. The molecule has 6 rings (SSSR count). The largest absolute Gasteiger partial charge is 0.382 e. The van der Waals surface area contributed by atoms with Crippen LogP contribution in [0.4, 0.5) is 5.82 Å². The fourth-order valence-corrected chi connectivity index (χ4v) is 5.02. The Morgan fingerprint density at radius 3 is 2.56 bits per heavy atom. The van der Waals surface area contributed by atoms with Gasteiger partial charge in [0.25, 0.3) is 0 Å². The molecule has 8 heteroatoms. The molecule has 1 saturated heterocycles. The molecular weight excluding hydrogens is 472 g/mol. The SMILES string of the molecule is Cc1ncc(C(O)c2ccc3nc(N4CCC4)c(Cc4ccc(-n5cccn5)cc4)c(Cl)c3c2)n1C. The molecule has 2 aromatic carbocycles. The van der Waals surface area contributed by atoms with E-state index in [0.29, 0.717) is 11.4 Å². The van der Waals surface area contributed by atoms with E-state index in [2.05, 4.69) is 39.2 Å². The summed E-state index contributed by atoms with van der Waals surface area (Å²) in [6.07, 6.45) is 6.44. The van der Waals surface area contributed by atoms with Gasteiger partial charge in [0.2, 0.25) is 0 Å². The van der Waals surface area contributed by atoms with Crippen LogP contribution >= 0.6 is 11.6 Å². The second-order valence-electron chi connectivity index (χ2n) is 9.33. The van der Waals surface area contributed by atoms with Crippen LogP contribution in [0.3, 0.4) is 0 Å². The maximum absolute atomic E-state index is 11.1. The van der Waals surface area contributed by atoms with Crippen molar-refractivity contribution < 1.29 is 5.11 Å². The number of hydrogen-bond donors (Lipinski definition) is 1. The van der Waals surface area contributed by atoms with Crippen LogP contribution in [0.1, 0.15) is 40.7 Å². The van der Waals surface area contributed by atoms with E-state index in [1.807, 2.05) is 53.7 Å². The Morgan fingerprint density at radius 2 is 1.92 bits per heavy atom. The van der Waals surface area contributed by atoms with Crippen LogP contribution in [0.2, 0.25) is 5.02 Å². The van der Waals surface area contributed by atoms with Gasteiger partial charge in [-0.15, -0.1) is 0 Å². The van der Waals surface area contributed by atoms with Crippen molar-refractivity contribution in [1.82, 2.24) is 24.3 Å². The van der Waals surface area contributed by atoms with E-state index in [0.717, 1.165) is 70.1 Å². The first-order chi connectivity index (χ1) is 17.5. The van der Waals surface area contributed by atoms with Crippen molar-refractivity contribution in [3.8, 4) is 5.69 Å². The summed E-state index contributed by atoms with van der Waals surface area (Å²) in [5.74, 6) is 1.80. The number of imidazole rings is 1. The Balaban J connectivity index is 1.40. The molecule has 0 bridgehead atoms. The van der Waals surface area contributed by atoms with Crippen LogP contribution in [0.5, 0.6) is 0 Å². The van der Waals surface area contributed by atoms with Gasteiger partial charge in [0.05, 0.1) is 28.1 Å². The van der Waals surface area contributed by atoms with E-state index in [-0.39, 0.29) is 0 Å². The van der Waals surface area contributed by atoms with Crippen LogP contribution in [0.15, 0.2) is 67.1 Å². The Kier molecular flexibility index (Phi) is 5.74. The summed E-state index contributed by atoms with van der Waals surface area (Å²) in [6, 6.07) is 16.1. The zero-order valence-electron chi connectivity index (χ0n) is 20.3. The summed E-state index contributed by atoms with van der Waals surface area (Å²) in [6.45, 7) is 3.88. The minimum absolute atomic E-state index is 0.667. The normalized spacial score (nSPS) is 14.3. The molecule has 0 spiro atoms. The quantitative estimate of drug-likeness (QED) is 0.357. The molecule has 0 radical (unpaired) electrons. The van der Waals surface area contributed by atoms with E-state index in [9.17, 15) is 5.11 Å². The summed E-state index contributed by atoms with van der Waals surface area (Å²) < 4.78 is 3.75. The van der Waals surface area contributed by atoms with E-state index in [1.165, 1.54) is 0 Å². The number of anilines is 1. The van der Waals surface area contributed by atoms with Gasteiger partial charge in [-0.05, 0) is 54.8 Å². The van der Waals surface area contributed by atoms with Crippen molar-refractivity contribution in [2.45, 2.75) is 25.9 Å². The van der Waals surface area contributed by atoms with Gasteiger partial charge < -0.3 is 14.6 Å². The lowest BCUT2D eigenvalue weighted by molar-refractivity contribution is 0.211. The number of pyridine rings is 1. The summed E-state index contributed by atoms with van der Waals surface area (Å²) >= 11 is 7.11. The van der Waals surface area contributed by atoms with Crippen LogP contribution in [-0.4, -0.2) is 42.5 Å². The number of nitrogens with zero attached hydrogens (tertiary/aromatic N) is 6. The number of halogens is 1. The molecule has 182 valence electrons. The summed E-state index contributed by atoms with van der Waals surface area (Å²) in [7, 11) is 1.91. The second-order valence-corrected chi connectivity index (χ2v) is 9.71. The highest BCUT2D eigenvalue weighted by molar-refractivity contribution is 6.36. The number of aryl methyl sites for hydroxylation is 1. The van der Waals surface area contributed by atoms with E-state index >= 15 is 0 Å². The van der Waals surface area contributed by atoms with Gasteiger partial charge in [-0.2, -0.15) is 5.10 Å². The summed E-state index contributed by atoms with van der Waals surface area (Å²) in [5, 5.41) is 16.9. The molecule has 1 unspecified atom stereocenters. The van der Waals surface area contributed by atoms with Crippen molar-refractivity contribution in [3.63, 3.8) is 0 Å². The number of fused-ring (bicyclic) bond motifs is 1.